The molecule has 3 nitrogen and oxygen atoms in total. The highest BCUT2D eigenvalue weighted by Gasteiger charge is 2.25. The maximum Gasteiger partial charge on any atom is 0.229 e. The normalized spacial score (nSPS) is 16.2. The van der Waals surface area contributed by atoms with Gasteiger partial charge < -0.3 is 0 Å². The van der Waals surface area contributed by atoms with E-state index in [9.17, 15) is 9.59 Å². The third-order valence-electron chi connectivity index (χ3n) is 3.49. The zero-order valence-electron chi connectivity index (χ0n) is 11.0. The van der Waals surface area contributed by atoms with Crippen LogP contribution in [0.1, 0.15) is 36.0 Å². The molecule has 0 saturated carbocycles. The van der Waals surface area contributed by atoms with Crippen molar-refractivity contribution in [3.05, 3.63) is 34.9 Å². The fraction of sp³-hybridized carbons (Fsp3) is 0.467. The summed E-state index contributed by atoms with van der Waals surface area (Å²) in [6.45, 7) is 4.65. The van der Waals surface area contributed by atoms with E-state index in [2.05, 4.69) is 32.0 Å². The van der Waals surface area contributed by atoms with E-state index in [0.29, 0.717) is 25.8 Å². The van der Waals surface area contributed by atoms with E-state index in [0.717, 1.165) is 6.42 Å². The summed E-state index contributed by atoms with van der Waals surface area (Å²) in [5.74, 6) is -0.0352. The van der Waals surface area contributed by atoms with Crippen LogP contribution in [0.2, 0.25) is 0 Å². The van der Waals surface area contributed by atoms with Crippen molar-refractivity contribution in [2.45, 2.75) is 39.5 Å². The van der Waals surface area contributed by atoms with E-state index in [1.807, 2.05) is 0 Å². The van der Waals surface area contributed by atoms with E-state index < -0.39 is 0 Å². The topological polar surface area (TPSA) is 37.4 Å². The highest BCUT2D eigenvalue weighted by atomic mass is 16.2. The van der Waals surface area contributed by atoms with Crippen molar-refractivity contribution in [2.24, 2.45) is 0 Å². The lowest BCUT2D eigenvalue weighted by molar-refractivity contribution is -0.147. The van der Waals surface area contributed by atoms with Crippen molar-refractivity contribution in [3.8, 4) is 0 Å². The molecule has 0 N–H and O–H groups in total. The Balaban J connectivity index is 2.02. The summed E-state index contributed by atoms with van der Waals surface area (Å²) >= 11 is 0. The first-order valence-electron chi connectivity index (χ1n) is 6.47. The van der Waals surface area contributed by atoms with Gasteiger partial charge in [0.2, 0.25) is 11.8 Å². The van der Waals surface area contributed by atoms with Crippen molar-refractivity contribution < 1.29 is 9.59 Å². The van der Waals surface area contributed by atoms with Crippen molar-refractivity contribution in [1.29, 1.82) is 0 Å². The molecular weight excluding hydrogens is 226 g/mol. The van der Waals surface area contributed by atoms with Gasteiger partial charge in [0.05, 0.1) is 0 Å². The summed E-state index contributed by atoms with van der Waals surface area (Å²) in [7, 11) is 0. The molecule has 0 aromatic heterocycles. The van der Waals surface area contributed by atoms with Crippen LogP contribution in [0, 0.1) is 13.8 Å². The number of amides is 2. The van der Waals surface area contributed by atoms with Crippen LogP contribution >= 0.6 is 0 Å². The van der Waals surface area contributed by atoms with Crippen molar-refractivity contribution in [1.82, 2.24) is 4.90 Å². The zero-order valence-corrected chi connectivity index (χ0v) is 11.0. The predicted molar refractivity (Wildman–Crippen MR) is 70.2 cm³/mol. The molecule has 1 aromatic carbocycles. The molecular formula is C15H19NO2. The largest absolute Gasteiger partial charge is 0.282 e. The van der Waals surface area contributed by atoms with Crippen molar-refractivity contribution in [3.63, 3.8) is 0 Å². The van der Waals surface area contributed by atoms with Gasteiger partial charge in [-0.25, -0.2) is 0 Å². The first kappa shape index (κ1) is 12.8. The molecule has 1 heterocycles. The van der Waals surface area contributed by atoms with Crippen LogP contribution in [0.3, 0.4) is 0 Å². The highest BCUT2D eigenvalue weighted by Crippen LogP contribution is 2.15. The summed E-state index contributed by atoms with van der Waals surface area (Å²) in [6, 6.07) is 6.29. The van der Waals surface area contributed by atoms with Crippen molar-refractivity contribution >= 4 is 11.8 Å². The number of benzene rings is 1. The molecule has 1 aromatic rings. The molecule has 1 aliphatic rings. The van der Waals surface area contributed by atoms with Crippen LogP contribution in [-0.4, -0.2) is 23.3 Å². The van der Waals surface area contributed by atoms with Crippen LogP contribution < -0.4 is 0 Å². The lowest BCUT2D eigenvalue weighted by atomic mass is 10.0. The molecule has 0 radical (unpaired) electrons. The SMILES string of the molecule is Cc1ccc(CCN2C(=O)CCCC2=O)c(C)c1. The summed E-state index contributed by atoms with van der Waals surface area (Å²) < 4.78 is 0. The number of imide groups is 1. The van der Waals surface area contributed by atoms with Gasteiger partial charge in [-0.1, -0.05) is 23.8 Å². The number of nitrogens with zero attached hydrogens (tertiary/aromatic N) is 1. The number of hydrogen-bond donors (Lipinski definition) is 0. The van der Waals surface area contributed by atoms with Gasteiger partial charge in [0.25, 0.3) is 0 Å². The smallest absolute Gasteiger partial charge is 0.229 e. The Morgan fingerprint density at radius 1 is 1.11 bits per heavy atom. The molecule has 3 heteroatoms. The molecule has 1 fully saturated rings. The molecule has 0 bridgehead atoms. The predicted octanol–water partition coefficient (Wildman–Crippen LogP) is 2.39. The number of carbonyl (C=O) groups excluding carboxylic acids is 2. The average molecular weight is 245 g/mol. The fourth-order valence-corrected chi connectivity index (χ4v) is 2.41. The zero-order chi connectivity index (χ0) is 13.1. The molecule has 0 spiro atoms. The monoisotopic (exact) mass is 245 g/mol. The number of hydrogen-bond acceptors (Lipinski definition) is 2. The van der Waals surface area contributed by atoms with Crippen LogP contribution in [0.5, 0.6) is 0 Å². The van der Waals surface area contributed by atoms with Crippen LogP contribution in [0.15, 0.2) is 18.2 Å². The second kappa shape index (κ2) is 5.34. The van der Waals surface area contributed by atoms with E-state index in [-0.39, 0.29) is 11.8 Å². The Kier molecular flexibility index (Phi) is 3.80. The third-order valence-corrected chi connectivity index (χ3v) is 3.49. The minimum atomic E-state index is -0.0176. The molecule has 2 amide bonds. The lowest BCUT2D eigenvalue weighted by Crippen LogP contribution is -2.41. The molecule has 2 rings (SSSR count). The van der Waals surface area contributed by atoms with Gasteiger partial charge in [-0.05, 0) is 37.8 Å². The molecule has 0 atom stereocenters. The second-order valence-electron chi connectivity index (χ2n) is 4.97. The van der Waals surface area contributed by atoms with Crippen LogP contribution in [0.25, 0.3) is 0 Å². The second-order valence-corrected chi connectivity index (χ2v) is 4.97. The average Bonchev–Trinajstić information content (AvgIpc) is 2.31. The fourth-order valence-electron chi connectivity index (χ4n) is 2.41. The van der Waals surface area contributed by atoms with Gasteiger partial charge >= 0.3 is 0 Å². The van der Waals surface area contributed by atoms with E-state index in [4.69, 9.17) is 0 Å². The number of rotatable bonds is 3. The minimum Gasteiger partial charge on any atom is -0.282 e. The van der Waals surface area contributed by atoms with Crippen LogP contribution in [0.4, 0.5) is 0 Å². The standard InChI is InChI=1S/C15H19NO2/c1-11-6-7-13(12(2)10-11)8-9-16-14(17)4-3-5-15(16)18/h6-7,10H,3-5,8-9H2,1-2H3. The summed E-state index contributed by atoms with van der Waals surface area (Å²) in [5, 5.41) is 0. The minimum absolute atomic E-state index is 0.0176. The Morgan fingerprint density at radius 2 is 1.78 bits per heavy atom. The first-order chi connectivity index (χ1) is 8.58. The van der Waals surface area contributed by atoms with Gasteiger partial charge in [0.1, 0.15) is 0 Å². The Labute approximate surface area is 108 Å². The van der Waals surface area contributed by atoms with Gasteiger partial charge in [-0.2, -0.15) is 0 Å². The highest BCUT2D eigenvalue weighted by molar-refractivity contribution is 5.97. The van der Waals surface area contributed by atoms with Gasteiger partial charge in [-0.3, -0.25) is 14.5 Å². The molecule has 1 aliphatic heterocycles. The van der Waals surface area contributed by atoms with Gasteiger partial charge in [0.15, 0.2) is 0 Å². The molecule has 18 heavy (non-hydrogen) atoms. The maximum absolute atomic E-state index is 11.7. The number of piperidine rings is 1. The van der Waals surface area contributed by atoms with Crippen molar-refractivity contribution in [2.75, 3.05) is 6.54 Å². The molecule has 0 unspecified atom stereocenters. The van der Waals surface area contributed by atoms with E-state index in [1.54, 1.807) is 0 Å². The third kappa shape index (κ3) is 2.78. The Hall–Kier alpha value is -1.64. The summed E-state index contributed by atoms with van der Waals surface area (Å²) in [6.07, 6.45) is 2.48. The van der Waals surface area contributed by atoms with Gasteiger partial charge in [-0.15, -0.1) is 0 Å². The lowest BCUT2D eigenvalue weighted by Gasteiger charge is -2.25. The Bertz CT molecular complexity index is 463. The number of likely N-dealkylation sites (tertiary alicyclic amines) is 1. The summed E-state index contributed by atoms with van der Waals surface area (Å²) in [5.41, 5.74) is 3.68. The quantitative estimate of drug-likeness (QED) is 0.767. The van der Waals surface area contributed by atoms with Crippen LogP contribution in [-0.2, 0) is 16.0 Å². The van der Waals surface area contributed by atoms with E-state index >= 15 is 0 Å². The molecule has 0 aliphatic carbocycles. The maximum atomic E-state index is 11.7. The van der Waals surface area contributed by atoms with Gasteiger partial charge in [0, 0.05) is 19.4 Å². The molecule has 96 valence electrons. The number of carbonyl (C=O) groups is 2. The molecule has 1 saturated heterocycles. The first-order valence-corrected chi connectivity index (χ1v) is 6.47. The number of aryl methyl sites for hydroxylation is 2. The summed E-state index contributed by atoms with van der Waals surface area (Å²) in [4.78, 5) is 24.8. The van der Waals surface area contributed by atoms with E-state index in [1.165, 1.54) is 21.6 Å². The Morgan fingerprint density at radius 3 is 2.39 bits per heavy atom.